The van der Waals surface area contributed by atoms with Gasteiger partial charge in [0, 0.05) is 19.8 Å². The number of ether oxygens (including phenoxy) is 4. The lowest BCUT2D eigenvalue weighted by Gasteiger charge is -2.42. The summed E-state index contributed by atoms with van der Waals surface area (Å²) in [5.41, 5.74) is 5.18. The molecular weight excluding hydrogens is 436 g/mol. The van der Waals surface area contributed by atoms with Crippen LogP contribution in [0.1, 0.15) is 71.9 Å². The predicted molar refractivity (Wildman–Crippen MR) is 131 cm³/mol. The van der Waals surface area contributed by atoms with Crippen molar-refractivity contribution in [2.24, 2.45) is 0 Å². The van der Waals surface area contributed by atoms with Gasteiger partial charge in [0.2, 0.25) is 0 Å². The van der Waals surface area contributed by atoms with Gasteiger partial charge < -0.3 is 29.8 Å². The van der Waals surface area contributed by atoms with Crippen LogP contribution >= 0.6 is 0 Å². The van der Waals surface area contributed by atoms with Crippen LogP contribution in [-0.4, -0.2) is 70.5 Å². The molecule has 3 heterocycles. The number of unbranched alkanes of at least 4 members (excludes halogenated alkanes) is 3. The van der Waals surface area contributed by atoms with Gasteiger partial charge in [0.15, 0.2) is 11.4 Å². The first-order valence-corrected chi connectivity index (χ1v) is 12.7. The molecule has 0 unspecified atom stereocenters. The van der Waals surface area contributed by atoms with Crippen molar-refractivity contribution in [3.8, 4) is 0 Å². The van der Waals surface area contributed by atoms with E-state index in [1.807, 2.05) is 19.1 Å². The van der Waals surface area contributed by atoms with E-state index in [0.29, 0.717) is 43.5 Å². The Bertz CT molecular complexity index is 893. The molecule has 1 fully saturated rings. The van der Waals surface area contributed by atoms with E-state index in [-0.39, 0.29) is 6.61 Å². The Morgan fingerprint density at radius 3 is 2.50 bits per heavy atom. The molecular formula is C25H42N4O5. The third-order valence-corrected chi connectivity index (χ3v) is 6.77. The van der Waals surface area contributed by atoms with Crippen molar-refractivity contribution in [3.05, 3.63) is 24.2 Å². The standard InChI is InChI=1S/C25H42N4O5/c1-5-8-13-31-16-20-22(32-14-9-6-2)24(4,33-15-10-7-3)25(17-30,34-20)21-12-11-19-23(26)27-18-28-29(19)21/h11-12,18,20,22,30H,5-10,13-17H2,1-4H3,(H2,26,27,28)/t20-,22-,24-,25+/m1/s1. The number of nitrogen functional groups attached to an aromatic ring is 1. The fourth-order valence-corrected chi connectivity index (χ4v) is 4.69. The average Bonchev–Trinajstić information content (AvgIpc) is 3.37. The van der Waals surface area contributed by atoms with Crippen molar-refractivity contribution in [2.45, 2.75) is 89.6 Å². The Morgan fingerprint density at radius 2 is 1.79 bits per heavy atom. The SMILES string of the molecule is CCCCOC[C@H]1O[C@@](CO)(c2ccc3c(N)ncnn23)[C@](C)(OCCCC)[C@@H]1OCCCC. The molecule has 1 aliphatic rings. The second-order valence-corrected chi connectivity index (χ2v) is 9.18. The first-order valence-electron chi connectivity index (χ1n) is 12.7. The Hall–Kier alpha value is -1.78. The van der Waals surface area contributed by atoms with Crippen molar-refractivity contribution in [1.29, 1.82) is 0 Å². The molecule has 0 amide bonds. The van der Waals surface area contributed by atoms with Crippen LogP contribution in [0.2, 0.25) is 0 Å². The minimum Gasteiger partial charge on any atom is -0.393 e. The van der Waals surface area contributed by atoms with Crippen molar-refractivity contribution in [3.63, 3.8) is 0 Å². The van der Waals surface area contributed by atoms with E-state index in [9.17, 15) is 5.11 Å². The summed E-state index contributed by atoms with van der Waals surface area (Å²) in [6.45, 7) is 10.1. The normalized spacial score (nSPS) is 27.1. The highest BCUT2D eigenvalue weighted by Crippen LogP contribution is 2.51. The van der Waals surface area contributed by atoms with Crippen LogP contribution in [0.5, 0.6) is 0 Å². The lowest BCUT2D eigenvalue weighted by Crippen LogP contribution is -2.57. The highest BCUT2D eigenvalue weighted by atomic mass is 16.6. The molecule has 0 radical (unpaired) electrons. The maximum Gasteiger partial charge on any atom is 0.164 e. The maximum absolute atomic E-state index is 10.9. The van der Waals surface area contributed by atoms with Crippen LogP contribution < -0.4 is 5.73 Å². The topological polar surface area (TPSA) is 113 Å². The molecule has 2 aromatic heterocycles. The number of aliphatic hydroxyl groups is 1. The Labute approximate surface area is 202 Å². The molecule has 4 atom stereocenters. The zero-order chi connectivity index (χ0) is 24.6. The van der Waals surface area contributed by atoms with E-state index in [4.69, 9.17) is 24.7 Å². The molecule has 1 saturated heterocycles. The summed E-state index contributed by atoms with van der Waals surface area (Å²) in [6, 6.07) is 3.72. The molecule has 34 heavy (non-hydrogen) atoms. The van der Waals surface area contributed by atoms with E-state index in [2.05, 4.69) is 30.9 Å². The van der Waals surface area contributed by atoms with Gasteiger partial charge in [0.05, 0.1) is 18.9 Å². The van der Waals surface area contributed by atoms with Crippen LogP contribution in [0.4, 0.5) is 5.82 Å². The van der Waals surface area contributed by atoms with Crippen molar-refractivity contribution in [2.75, 3.05) is 38.8 Å². The first kappa shape index (κ1) is 26.8. The second kappa shape index (κ2) is 12.3. The summed E-state index contributed by atoms with van der Waals surface area (Å²) < 4.78 is 27.4. The van der Waals surface area contributed by atoms with Gasteiger partial charge in [-0.1, -0.05) is 40.0 Å². The third-order valence-electron chi connectivity index (χ3n) is 6.77. The van der Waals surface area contributed by atoms with Crippen molar-refractivity contribution >= 4 is 11.3 Å². The number of rotatable bonds is 15. The van der Waals surface area contributed by atoms with Gasteiger partial charge in [-0.15, -0.1) is 0 Å². The van der Waals surface area contributed by atoms with E-state index in [1.165, 1.54) is 6.33 Å². The van der Waals surface area contributed by atoms with E-state index in [0.717, 1.165) is 38.5 Å². The third kappa shape index (κ3) is 5.09. The average molecular weight is 479 g/mol. The number of nitrogens with zero attached hydrogens (tertiary/aromatic N) is 3. The number of nitrogens with two attached hydrogens (primary N) is 1. The van der Waals surface area contributed by atoms with Crippen LogP contribution in [0.15, 0.2) is 18.5 Å². The Kier molecular flexibility index (Phi) is 9.67. The summed E-state index contributed by atoms with van der Waals surface area (Å²) in [5.74, 6) is 0.358. The smallest absolute Gasteiger partial charge is 0.164 e. The van der Waals surface area contributed by atoms with E-state index < -0.39 is 23.4 Å². The van der Waals surface area contributed by atoms with Gasteiger partial charge in [-0.05, 0) is 38.3 Å². The molecule has 0 spiro atoms. The van der Waals surface area contributed by atoms with Crippen molar-refractivity contribution in [1.82, 2.24) is 14.6 Å². The zero-order valence-corrected chi connectivity index (χ0v) is 21.2. The molecule has 1 aliphatic heterocycles. The number of hydrogen-bond acceptors (Lipinski definition) is 8. The van der Waals surface area contributed by atoms with E-state index >= 15 is 0 Å². The highest BCUT2D eigenvalue weighted by Gasteiger charge is 2.66. The summed E-state index contributed by atoms with van der Waals surface area (Å²) in [5, 5.41) is 15.4. The quantitative estimate of drug-likeness (QED) is 0.374. The van der Waals surface area contributed by atoms with Crippen LogP contribution in [0, 0.1) is 0 Å². The Balaban J connectivity index is 2.06. The molecule has 2 aromatic rings. The molecule has 0 aliphatic carbocycles. The molecule has 0 bridgehead atoms. The fraction of sp³-hybridized carbons (Fsp3) is 0.760. The second-order valence-electron chi connectivity index (χ2n) is 9.18. The van der Waals surface area contributed by atoms with Gasteiger partial charge in [-0.25, -0.2) is 9.50 Å². The zero-order valence-electron chi connectivity index (χ0n) is 21.2. The minimum absolute atomic E-state index is 0.315. The van der Waals surface area contributed by atoms with Gasteiger partial charge in [0.1, 0.15) is 29.7 Å². The molecule has 192 valence electrons. The van der Waals surface area contributed by atoms with Crippen LogP contribution in [0.3, 0.4) is 0 Å². The van der Waals surface area contributed by atoms with Crippen LogP contribution in [0.25, 0.3) is 5.52 Å². The predicted octanol–water partition coefficient (Wildman–Crippen LogP) is 3.48. The van der Waals surface area contributed by atoms with Gasteiger partial charge in [0.25, 0.3) is 0 Å². The lowest BCUT2D eigenvalue weighted by molar-refractivity contribution is -0.197. The number of fused-ring (bicyclic) bond motifs is 1. The molecule has 0 saturated carbocycles. The number of hydrogen-bond donors (Lipinski definition) is 2. The minimum atomic E-state index is -1.23. The summed E-state index contributed by atoms with van der Waals surface area (Å²) in [6.07, 6.45) is 6.40. The summed E-state index contributed by atoms with van der Waals surface area (Å²) in [4.78, 5) is 4.10. The summed E-state index contributed by atoms with van der Waals surface area (Å²) >= 11 is 0. The fourth-order valence-electron chi connectivity index (χ4n) is 4.69. The van der Waals surface area contributed by atoms with Crippen LogP contribution in [-0.2, 0) is 24.5 Å². The maximum atomic E-state index is 10.9. The number of anilines is 1. The summed E-state index contributed by atoms with van der Waals surface area (Å²) in [7, 11) is 0. The monoisotopic (exact) mass is 478 g/mol. The lowest BCUT2D eigenvalue weighted by atomic mass is 9.79. The first-order chi connectivity index (χ1) is 16.5. The van der Waals surface area contributed by atoms with Gasteiger partial charge in [-0.3, -0.25) is 0 Å². The number of aromatic nitrogens is 3. The largest absolute Gasteiger partial charge is 0.393 e. The molecule has 3 N–H and O–H groups in total. The molecule has 3 rings (SSSR count). The molecule has 0 aromatic carbocycles. The molecule has 9 nitrogen and oxygen atoms in total. The molecule has 9 heteroatoms. The Morgan fingerprint density at radius 1 is 1.09 bits per heavy atom. The van der Waals surface area contributed by atoms with E-state index in [1.54, 1.807) is 4.52 Å². The highest BCUT2D eigenvalue weighted by molar-refractivity contribution is 5.65. The number of aliphatic hydroxyl groups excluding tert-OH is 1. The van der Waals surface area contributed by atoms with Gasteiger partial charge >= 0.3 is 0 Å². The van der Waals surface area contributed by atoms with Crippen molar-refractivity contribution < 1.29 is 24.1 Å². The van der Waals surface area contributed by atoms with Gasteiger partial charge in [-0.2, -0.15) is 5.10 Å².